The maximum atomic E-state index is 14.5. The molecule has 1 aliphatic carbocycles. The summed E-state index contributed by atoms with van der Waals surface area (Å²) < 4.78 is 0. The van der Waals surface area contributed by atoms with Crippen LogP contribution in [0.4, 0.5) is 11.4 Å². The van der Waals surface area contributed by atoms with Crippen LogP contribution >= 0.6 is 11.3 Å². The Labute approximate surface area is 227 Å². The number of nitrogens with zero attached hydrogens (tertiary/aromatic N) is 2. The number of ketones is 3. The molecule has 1 aromatic heterocycles. The monoisotopic (exact) mass is 532 g/mol. The van der Waals surface area contributed by atoms with Gasteiger partial charge in [-0.2, -0.15) is 0 Å². The largest absolute Gasteiger partial charge is 0.352 e. The number of fused-ring (bicyclic) bond motifs is 5. The molecule has 0 N–H and O–H groups in total. The Kier molecular flexibility index (Phi) is 5.05. The molecule has 4 aromatic rings. The number of benzene rings is 3. The Bertz CT molecular complexity index is 1710. The van der Waals surface area contributed by atoms with E-state index in [2.05, 4.69) is 0 Å². The van der Waals surface area contributed by atoms with E-state index in [1.165, 1.54) is 23.5 Å². The molecule has 1 saturated heterocycles. The highest BCUT2D eigenvalue weighted by atomic mass is 32.1. The molecule has 1 fully saturated rings. The minimum Gasteiger partial charge on any atom is -0.352 e. The first-order valence-corrected chi connectivity index (χ1v) is 13.4. The van der Waals surface area contributed by atoms with Gasteiger partial charge in [0, 0.05) is 34.9 Å². The number of nitro benzene ring substituents is 1. The van der Waals surface area contributed by atoms with Crippen molar-refractivity contribution in [2.75, 3.05) is 4.90 Å². The summed E-state index contributed by atoms with van der Waals surface area (Å²) in [5.74, 6) is -1.93. The molecule has 1 spiro atoms. The third-order valence-electron chi connectivity index (χ3n) is 8.19. The highest BCUT2D eigenvalue weighted by Crippen LogP contribution is 2.61. The van der Waals surface area contributed by atoms with Gasteiger partial charge in [-0.25, -0.2) is 0 Å². The predicted molar refractivity (Wildman–Crippen MR) is 148 cm³/mol. The number of hydrogen-bond acceptors (Lipinski definition) is 7. The molecule has 7 rings (SSSR count). The number of carbonyl (C=O) groups is 3. The van der Waals surface area contributed by atoms with Crippen LogP contribution in [0.2, 0.25) is 0 Å². The van der Waals surface area contributed by atoms with Crippen molar-refractivity contribution < 1.29 is 19.3 Å². The van der Waals surface area contributed by atoms with E-state index in [9.17, 15) is 24.5 Å². The zero-order valence-electron chi connectivity index (χ0n) is 20.4. The topological polar surface area (TPSA) is 97.6 Å². The molecular weight excluding hydrogens is 512 g/mol. The standard InChI is InChI=1S/C31H20N2O5S/c34-28(24-13-6-16-39-24)27-26(19-8-5-9-20(17-19)33(37)38)31(29(35)21-10-2-3-11-22(21)30(31)36)25-15-14-18-7-1-4-12-23(18)32(25)27/h1-17,25-27H/t25-,26-,27-/m0/s1. The fourth-order valence-electron chi connectivity index (χ4n) is 6.69. The SMILES string of the molecule is O=C(c1cccs1)[C@@H]1[C@H](c2cccc([N+](=O)[O-])c2)C2(C(=O)c3ccccc3C2=O)[C@@H]2C=Cc3ccccc3N12. The van der Waals surface area contributed by atoms with E-state index in [0.29, 0.717) is 21.6 Å². The average Bonchev–Trinajstić information content (AvgIpc) is 3.66. The summed E-state index contributed by atoms with van der Waals surface area (Å²) in [4.78, 5) is 57.1. The van der Waals surface area contributed by atoms with E-state index in [1.54, 1.807) is 48.5 Å². The number of para-hydroxylation sites is 1. The minimum atomic E-state index is -1.68. The summed E-state index contributed by atoms with van der Waals surface area (Å²) >= 11 is 1.29. The molecule has 3 aliphatic rings. The van der Waals surface area contributed by atoms with Crippen LogP contribution in [0.15, 0.2) is 96.4 Å². The minimum absolute atomic E-state index is 0.166. The first-order chi connectivity index (χ1) is 18.9. The second-order valence-electron chi connectivity index (χ2n) is 9.96. The van der Waals surface area contributed by atoms with E-state index in [0.717, 1.165) is 11.3 Å². The van der Waals surface area contributed by atoms with Gasteiger partial charge in [0.25, 0.3) is 5.69 Å². The summed E-state index contributed by atoms with van der Waals surface area (Å²) in [6.45, 7) is 0. The lowest BCUT2D eigenvalue weighted by atomic mass is 9.64. The molecule has 7 nitrogen and oxygen atoms in total. The third-order valence-corrected chi connectivity index (χ3v) is 9.07. The van der Waals surface area contributed by atoms with Crippen molar-refractivity contribution in [2.45, 2.75) is 18.0 Å². The first kappa shape index (κ1) is 23.4. The van der Waals surface area contributed by atoms with Gasteiger partial charge in [0.2, 0.25) is 0 Å². The van der Waals surface area contributed by atoms with Gasteiger partial charge in [-0.1, -0.05) is 72.8 Å². The van der Waals surface area contributed by atoms with Gasteiger partial charge in [-0.15, -0.1) is 11.3 Å². The molecule has 190 valence electrons. The van der Waals surface area contributed by atoms with Crippen molar-refractivity contribution in [3.05, 3.63) is 134 Å². The van der Waals surface area contributed by atoms with Crippen LogP contribution in [-0.4, -0.2) is 34.4 Å². The van der Waals surface area contributed by atoms with Crippen LogP contribution in [0, 0.1) is 15.5 Å². The lowest BCUT2D eigenvalue weighted by Gasteiger charge is -2.37. The van der Waals surface area contributed by atoms with E-state index in [1.807, 2.05) is 46.7 Å². The fraction of sp³-hybridized carbons (Fsp3) is 0.129. The molecule has 0 radical (unpaired) electrons. The average molecular weight is 533 g/mol. The molecular formula is C31H20N2O5S. The third kappa shape index (κ3) is 3.06. The molecule has 0 saturated carbocycles. The number of carbonyl (C=O) groups excluding carboxylic acids is 3. The molecule has 0 amide bonds. The zero-order valence-corrected chi connectivity index (χ0v) is 21.2. The maximum absolute atomic E-state index is 14.5. The van der Waals surface area contributed by atoms with Crippen LogP contribution in [-0.2, 0) is 0 Å². The van der Waals surface area contributed by atoms with Gasteiger partial charge in [0.05, 0.1) is 15.8 Å². The highest BCUT2D eigenvalue weighted by molar-refractivity contribution is 7.12. The quantitative estimate of drug-likeness (QED) is 0.139. The van der Waals surface area contributed by atoms with Gasteiger partial charge >= 0.3 is 0 Å². The predicted octanol–water partition coefficient (Wildman–Crippen LogP) is 5.97. The molecule has 0 unspecified atom stereocenters. The number of non-ortho nitro benzene ring substituents is 1. The lowest BCUT2D eigenvalue weighted by molar-refractivity contribution is -0.384. The Hall–Kier alpha value is -4.69. The van der Waals surface area contributed by atoms with Crippen molar-refractivity contribution in [3.63, 3.8) is 0 Å². The number of anilines is 1. The second kappa shape index (κ2) is 8.41. The van der Waals surface area contributed by atoms with E-state index >= 15 is 0 Å². The Morgan fingerprint density at radius 3 is 2.31 bits per heavy atom. The van der Waals surface area contributed by atoms with Gasteiger partial charge in [0.1, 0.15) is 11.5 Å². The molecule has 3 heterocycles. The van der Waals surface area contributed by atoms with Gasteiger partial charge < -0.3 is 4.90 Å². The number of thiophene rings is 1. The molecule has 0 bridgehead atoms. The summed E-state index contributed by atoms with van der Waals surface area (Å²) in [5, 5.41) is 13.6. The normalized spacial score (nSPS) is 22.1. The smallest absolute Gasteiger partial charge is 0.269 e. The number of Topliss-reactive ketones (excluding diaryl/α,β-unsaturated/α-hetero) is 3. The van der Waals surface area contributed by atoms with E-state index in [-0.39, 0.29) is 23.0 Å². The van der Waals surface area contributed by atoms with Gasteiger partial charge in [-0.05, 0) is 28.6 Å². The van der Waals surface area contributed by atoms with Gasteiger partial charge in [-0.3, -0.25) is 24.5 Å². The number of hydrogen-bond donors (Lipinski definition) is 0. The summed E-state index contributed by atoms with van der Waals surface area (Å²) in [6, 6.07) is 22.1. The number of rotatable bonds is 4. The molecule has 8 heteroatoms. The maximum Gasteiger partial charge on any atom is 0.269 e. The van der Waals surface area contributed by atoms with Crippen LogP contribution in [0.3, 0.4) is 0 Å². The fourth-order valence-corrected chi connectivity index (χ4v) is 7.38. The van der Waals surface area contributed by atoms with Crippen LogP contribution < -0.4 is 4.90 Å². The first-order valence-electron chi connectivity index (χ1n) is 12.5. The van der Waals surface area contributed by atoms with Crippen molar-refractivity contribution in [1.82, 2.24) is 0 Å². The lowest BCUT2D eigenvalue weighted by Crippen LogP contribution is -2.48. The van der Waals surface area contributed by atoms with Gasteiger partial charge in [0.15, 0.2) is 17.3 Å². The molecule has 3 atom stereocenters. The zero-order chi connectivity index (χ0) is 26.9. The van der Waals surface area contributed by atoms with Crippen LogP contribution in [0.1, 0.15) is 47.4 Å². The summed E-state index contributed by atoms with van der Waals surface area (Å²) in [7, 11) is 0. The van der Waals surface area contributed by atoms with Crippen LogP contribution in [0.25, 0.3) is 6.08 Å². The Morgan fingerprint density at radius 2 is 1.62 bits per heavy atom. The van der Waals surface area contributed by atoms with Crippen molar-refractivity contribution in [3.8, 4) is 0 Å². The van der Waals surface area contributed by atoms with Crippen molar-refractivity contribution >= 4 is 46.1 Å². The summed E-state index contributed by atoms with van der Waals surface area (Å²) in [5.41, 5.74) is 0.797. The Morgan fingerprint density at radius 1 is 0.897 bits per heavy atom. The molecule has 2 aliphatic heterocycles. The van der Waals surface area contributed by atoms with E-state index in [4.69, 9.17) is 0 Å². The summed E-state index contributed by atoms with van der Waals surface area (Å²) in [6.07, 6.45) is 3.74. The number of nitro groups is 1. The van der Waals surface area contributed by atoms with Crippen molar-refractivity contribution in [1.29, 1.82) is 0 Å². The highest BCUT2D eigenvalue weighted by Gasteiger charge is 2.71. The van der Waals surface area contributed by atoms with Crippen molar-refractivity contribution in [2.24, 2.45) is 5.41 Å². The molecule has 3 aromatic carbocycles. The van der Waals surface area contributed by atoms with Crippen LogP contribution in [0.5, 0.6) is 0 Å². The Balaban J connectivity index is 1.57. The second-order valence-corrected chi connectivity index (χ2v) is 10.9. The van der Waals surface area contributed by atoms with E-state index < -0.39 is 28.3 Å². The molecule has 39 heavy (non-hydrogen) atoms.